The van der Waals surface area contributed by atoms with Crippen LogP contribution in [-0.4, -0.2) is 42.6 Å². The molecular weight excluding hydrogens is 242 g/mol. The molecule has 0 atom stereocenters. The van der Waals surface area contributed by atoms with Gasteiger partial charge in [-0.3, -0.25) is 4.79 Å². The lowest BCUT2D eigenvalue weighted by molar-refractivity contribution is -0.138. The fourth-order valence-corrected chi connectivity index (χ4v) is 4.23. The number of hydrogen-bond donors (Lipinski definition) is 1. The molecule has 1 aliphatic heterocycles. The monoisotopic (exact) mass is 261 g/mol. The Labute approximate surface area is 102 Å². The molecule has 17 heavy (non-hydrogen) atoms. The zero-order chi connectivity index (χ0) is 12.5. The third kappa shape index (κ3) is 3.67. The van der Waals surface area contributed by atoms with Crippen molar-refractivity contribution in [1.82, 2.24) is 4.31 Å². The smallest absolute Gasteiger partial charge is 0.303 e. The van der Waals surface area contributed by atoms with E-state index in [2.05, 4.69) is 0 Å². The van der Waals surface area contributed by atoms with Crippen molar-refractivity contribution in [1.29, 1.82) is 0 Å². The Morgan fingerprint density at radius 1 is 1.12 bits per heavy atom. The minimum atomic E-state index is -3.09. The second kappa shape index (κ2) is 4.94. The second-order valence-electron chi connectivity index (χ2n) is 5.16. The average Bonchev–Trinajstić information content (AvgIpc) is 3.01. The Morgan fingerprint density at radius 2 is 1.71 bits per heavy atom. The van der Waals surface area contributed by atoms with E-state index in [1.807, 2.05) is 0 Å². The highest BCUT2D eigenvalue weighted by Crippen LogP contribution is 2.32. The van der Waals surface area contributed by atoms with Crippen molar-refractivity contribution in [2.24, 2.45) is 11.8 Å². The van der Waals surface area contributed by atoms with Crippen LogP contribution in [0.1, 0.15) is 32.1 Å². The zero-order valence-electron chi connectivity index (χ0n) is 9.84. The first-order valence-electron chi connectivity index (χ1n) is 6.17. The largest absolute Gasteiger partial charge is 0.481 e. The number of carbonyl (C=O) groups is 1. The van der Waals surface area contributed by atoms with Gasteiger partial charge in [-0.1, -0.05) is 0 Å². The van der Waals surface area contributed by atoms with Crippen LogP contribution in [0.5, 0.6) is 0 Å². The maximum Gasteiger partial charge on any atom is 0.303 e. The molecule has 0 spiro atoms. The van der Waals surface area contributed by atoms with Gasteiger partial charge in [0, 0.05) is 19.5 Å². The Bertz CT molecular complexity index is 380. The molecular formula is C11H19NO4S. The third-order valence-corrected chi connectivity index (χ3v) is 5.62. The highest BCUT2D eigenvalue weighted by Gasteiger charge is 2.34. The summed E-state index contributed by atoms with van der Waals surface area (Å²) in [5.74, 6) is 0.0114. The van der Waals surface area contributed by atoms with Gasteiger partial charge in [0.1, 0.15) is 0 Å². The van der Waals surface area contributed by atoms with E-state index >= 15 is 0 Å². The number of sulfonamides is 1. The number of hydrogen-bond acceptors (Lipinski definition) is 3. The average molecular weight is 261 g/mol. The van der Waals surface area contributed by atoms with Crippen molar-refractivity contribution >= 4 is 16.0 Å². The first-order chi connectivity index (χ1) is 7.97. The molecule has 98 valence electrons. The van der Waals surface area contributed by atoms with Crippen LogP contribution in [0, 0.1) is 11.8 Å². The molecule has 6 heteroatoms. The minimum absolute atomic E-state index is 0.139. The molecule has 1 saturated heterocycles. The van der Waals surface area contributed by atoms with Crippen molar-refractivity contribution in [2.75, 3.05) is 18.8 Å². The molecule has 0 unspecified atom stereocenters. The van der Waals surface area contributed by atoms with Crippen LogP contribution in [0.4, 0.5) is 0 Å². The van der Waals surface area contributed by atoms with E-state index in [1.54, 1.807) is 4.31 Å². The minimum Gasteiger partial charge on any atom is -0.481 e. The molecule has 1 heterocycles. The van der Waals surface area contributed by atoms with Gasteiger partial charge in [-0.25, -0.2) is 12.7 Å². The van der Waals surface area contributed by atoms with Gasteiger partial charge in [0.25, 0.3) is 0 Å². The van der Waals surface area contributed by atoms with E-state index in [-0.39, 0.29) is 18.1 Å². The summed E-state index contributed by atoms with van der Waals surface area (Å²) in [7, 11) is -3.09. The fraction of sp³-hybridized carbons (Fsp3) is 0.909. The van der Waals surface area contributed by atoms with E-state index in [4.69, 9.17) is 5.11 Å². The number of nitrogens with zero attached hydrogens (tertiary/aromatic N) is 1. The highest BCUT2D eigenvalue weighted by atomic mass is 32.2. The number of carboxylic acid groups (broad SMARTS) is 1. The van der Waals surface area contributed by atoms with Crippen LogP contribution >= 0.6 is 0 Å². The van der Waals surface area contributed by atoms with Gasteiger partial charge in [-0.05, 0) is 37.5 Å². The van der Waals surface area contributed by atoms with Crippen LogP contribution in [0.25, 0.3) is 0 Å². The summed E-state index contributed by atoms with van der Waals surface area (Å²) >= 11 is 0. The molecule has 0 radical (unpaired) electrons. The zero-order valence-corrected chi connectivity index (χ0v) is 10.7. The van der Waals surface area contributed by atoms with Crippen LogP contribution in [0.3, 0.4) is 0 Å². The van der Waals surface area contributed by atoms with Crippen molar-refractivity contribution in [3.05, 3.63) is 0 Å². The van der Waals surface area contributed by atoms with E-state index in [0.29, 0.717) is 31.8 Å². The Balaban J connectivity index is 1.83. The molecule has 1 N–H and O–H groups in total. The molecule has 0 aromatic rings. The fourth-order valence-electron chi connectivity index (χ4n) is 2.33. The number of carboxylic acids is 1. The number of rotatable bonds is 5. The third-order valence-electron chi connectivity index (χ3n) is 3.57. The van der Waals surface area contributed by atoms with E-state index in [0.717, 1.165) is 12.8 Å². The predicted molar refractivity (Wildman–Crippen MR) is 63.1 cm³/mol. The molecule has 2 fully saturated rings. The van der Waals surface area contributed by atoms with Crippen molar-refractivity contribution < 1.29 is 18.3 Å². The molecule has 0 bridgehead atoms. The van der Waals surface area contributed by atoms with Crippen LogP contribution in [-0.2, 0) is 14.8 Å². The summed E-state index contributed by atoms with van der Waals surface area (Å²) in [4.78, 5) is 10.6. The maximum atomic E-state index is 12.0. The molecule has 2 aliphatic rings. The van der Waals surface area contributed by atoms with E-state index in [9.17, 15) is 13.2 Å². The summed E-state index contributed by atoms with van der Waals surface area (Å²) < 4.78 is 25.5. The van der Waals surface area contributed by atoms with Crippen LogP contribution < -0.4 is 0 Å². The van der Waals surface area contributed by atoms with Crippen LogP contribution in [0.15, 0.2) is 0 Å². The van der Waals surface area contributed by atoms with Gasteiger partial charge in [0.15, 0.2) is 0 Å². The normalized spacial score (nSPS) is 23.8. The highest BCUT2D eigenvalue weighted by molar-refractivity contribution is 7.89. The maximum absolute atomic E-state index is 12.0. The SMILES string of the molecule is O=C(O)CC1CCN(S(=O)(=O)CC2CC2)CC1. The lowest BCUT2D eigenvalue weighted by atomic mass is 9.95. The molecule has 1 saturated carbocycles. The second-order valence-corrected chi connectivity index (χ2v) is 7.18. The predicted octanol–water partition coefficient (Wildman–Crippen LogP) is 0.913. The number of piperidine rings is 1. The molecule has 1 aliphatic carbocycles. The Hall–Kier alpha value is -0.620. The summed E-state index contributed by atoms with van der Waals surface area (Å²) in [6.07, 6.45) is 3.59. The molecule has 0 aromatic carbocycles. The van der Waals surface area contributed by atoms with Gasteiger partial charge in [-0.2, -0.15) is 0 Å². The lowest BCUT2D eigenvalue weighted by Crippen LogP contribution is -2.40. The first kappa shape index (κ1) is 12.8. The summed E-state index contributed by atoms with van der Waals surface area (Å²) in [6, 6.07) is 0. The van der Waals surface area contributed by atoms with Crippen molar-refractivity contribution in [3.8, 4) is 0 Å². The molecule has 2 rings (SSSR count). The number of aliphatic carboxylic acids is 1. The van der Waals surface area contributed by atoms with Crippen LogP contribution in [0.2, 0.25) is 0 Å². The van der Waals surface area contributed by atoms with E-state index in [1.165, 1.54) is 0 Å². The van der Waals surface area contributed by atoms with Gasteiger partial charge in [0.2, 0.25) is 10.0 Å². The molecule has 0 aromatic heterocycles. The summed E-state index contributed by atoms with van der Waals surface area (Å²) in [6.45, 7) is 0.986. The van der Waals surface area contributed by atoms with Gasteiger partial charge in [-0.15, -0.1) is 0 Å². The van der Waals surface area contributed by atoms with Crippen molar-refractivity contribution in [2.45, 2.75) is 32.1 Å². The first-order valence-corrected chi connectivity index (χ1v) is 7.78. The molecule has 5 nitrogen and oxygen atoms in total. The van der Waals surface area contributed by atoms with Crippen molar-refractivity contribution in [3.63, 3.8) is 0 Å². The van der Waals surface area contributed by atoms with Gasteiger partial charge in [0.05, 0.1) is 5.75 Å². The standard InChI is InChI=1S/C11H19NO4S/c13-11(14)7-9-3-5-12(6-4-9)17(15,16)8-10-1-2-10/h9-10H,1-8H2,(H,13,14). The Kier molecular flexibility index (Phi) is 3.73. The molecule has 0 amide bonds. The van der Waals surface area contributed by atoms with Gasteiger partial charge >= 0.3 is 5.97 Å². The Morgan fingerprint density at radius 3 is 2.18 bits per heavy atom. The topological polar surface area (TPSA) is 74.7 Å². The lowest BCUT2D eigenvalue weighted by Gasteiger charge is -2.30. The summed E-state index contributed by atoms with van der Waals surface area (Å²) in [5, 5.41) is 8.69. The quantitative estimate of drug-likeness (QED) is 0.798. The summed E-state index contributed by atoms with van der Waals surface area (Å²) in [5.41, 5.74) is 0. The van der Waals surface area contributed by atoms with E-state index < -0.39 is 16.0 Å². The van der Waals surface area contributed by atoms with Gasteiger partial charge < -0.3 is 5.11 Å².